The number of amides is 2. The Labute approximate surface area is 133 Å². The lowest BCUT2D eigenvalue weighted by Gasteiger charge is -2.23. The lowest BCUT2D eigenvalue weighted by atomic mass is 9.90. The van der Waals surface area contributed by atoms with E-state index < -0.39 is 5.41 Å². The van der Waals surface area contributed by atoms with Crippen molar-refractivity contribution in [2.75, 3.05) is 11.9 Å². The van der Waals surface area contributed by atoms with Crippen LogP contribution in [0.1, 0.15) is 45.2 Å². The number of aryl methyl sites for hydroxylation is 2. The van der Waals surface area contributed by atoms with Crippen LogP contribution in [0.5, 0.6) is 0 Å². The van der Waals surface area contributed by atoms with Crippen molar-refractivity contribution in [3.05, 3.63) is 29.3 Å². The highest BCUT2D eigenvalue weighted by Crippen LogP contribution is 2.22. The summed E-state index contributed by atoms with van der Waals surface area (Å²) in [6, 6.07) is 5.82. The second kappa shape index (κ2) is 7.43. The first-order chi connectivity index (χ1) is 10.1. The van der Waals surface area contributed by atoms with Crippen LogP contribution in [0.2, 0.25) is 0 Å². The van der Waals surface area contributed by atoms with Crippen molar-refractivity contribution >= 4 is 17.5 Å². The molecule has 1 aromatic rings. The summed E-state index contributed by atoms with van der Waals surface area (Å²) in [6.45, 7) is 12.0. The molecule has 0 radical (unpaired) electrons. The van der Waals surface area contributed by atoms with Gasteiger partial charge in [-0.1, -0.05) is 31.5 Å². The molecule has 0 aromatic heterocycles. The topological polar surface area (TPSA) is 58.2 Å². The van der Waals surface area contributed by atoms with Crippen molar-refractivity contribution in [3.63, 3.8) is 0 Å². The molecule has 0 unspecified atom stereocenters. The van der Waals surface area contributed by atoms with Gasteiger partial charge in [-0.05, 0) is 51.7 Å². The zero-order chi connectivity index (χ0) is 16.9. The van der Waals surface area contributed by atoms with E-state index in [-0.39, 0.29) is 11.8 Å². The molecule has 0 saturated carbocycles. The molecule has 2 N–H and O–H groups in total. The van der Waals surface area contributed by atoms with Gasteiger partial charge in [-0.2, -0.15) is 0 Å². The van der Waals surface area contributed by atoms with Crippen molar-refractivity contribution < 1.29 is 9.59 Å². The van der Waals surface area contributed by atoms with Gasteiger partial charge in [0.2, 0.25) is 11.8 Å². The zero-order valence-electron chi connectivity index (χ0n) is 14.5. The summed E-state index contributed by atoms with van der Waals surface area (Å²) >= 11 is 0. The van der Waals surface area contributed by atoms with Crippen LogP contribution >= 0.6 is 0 Å². The maximum Gasteiger partial charge on any atom is 0.239 e. The average Bonchev–Trinajstić information content (AvgIpc) is 2.41. The van der Waals surface area contributed by atoms with Crippen LogP contribution in [-0.2, 0) is 9.59 Å². The molecule has 122 valence electrons. The van der Waals surface area contributed by atoms with Gasteiger partial charge in [0.15, 0.2) is 0 Å². The van der Waals surface area contributed by atoms with Crippen LogP contribution < -0.4 is 10.6 Å². The lowest BCUT2D eigenvalue weighted by Crippen LogP contribution is -2.45. The second-order valence-corrected chi connectivity index (χ2v) is 6.84. The number of nitrogens with one attached hydrogen (secondary N) is 2. The van der Waals surface area contributed by atoms with Gasteiger partial charge >= 0.3 is 0 Å². The number of anilines is 1. The Morgan fingerprint density at radius 3 is 2.32 bits per heavy atom. The van der Waals surface area contributed by atoms with E-state index in [1.807, 2.05) is 32.0 Å². The number of carbonyl (C=O) groups is 2. The third kappa shape index (κ3) is 4.86. The van der Waals surface area contributed by atoms with E-state index in [2.05, 4.69) is 24.5 Å². The summed E-state index contributed by atoms with van der Waals surface area (Å²) in [5, 5.41) is 5.70. The molecule has 0 atom stereocenters. The summed E-state index contributed by atoms with van der Waals surface area (Å²) in [7, 11) is 0. The van der Waals surface area contributed by atoms with Gasteiger partial charge in [-0.15, -0.1) is 0 Å². The molecule has 0 heterocycles. The Morgan fingerprint density at radius 2 is 1.77 bits per heavy atom. The third-order valence-electron chi connectivity index (χ3n) is 3.77. The molecule has 1 aromatic carbocycles. The number of hydrogen-bond donors (Lipinski definition) is 2. The Hall–Kier alpha value is -1.84. The Bertz CT molecular complexity index is 548. The fourth-order valence-electron chi connectivity index (χ4n) is 2.03. The minimum absolute atomic E-state index is 0.240. The van der Waals surface area contributed by atoms with Crippen molar-refractivity contribution in [2.24, 2.45) is 11.3 Å². The van der Waals surface area contributed by atoms with Gasteiger partial charge in [0.25, 0.3) is 0 Å². The Balaban J connectivity index is 2.71. The predicted octanol–water partition coefficient (Wildman–Crippen LogP) is 3.43. The molecule has 0 aliphatic heterocycles. The average molecular weight is 304 g/mol. The van der Waals surface area contributed by atoms with Crippen molar-refractivity contribution in [3.8, 4) is 0 Å². The van der Waals surface area contributed by atoms with Gasteiger partial charge in [0.05, 0.1) is 0 Å². The summed E-state index contributed by atoms with van der Waals surface area (Å²) in [5.74, 6) is -0.00985. The van der Waals surface area contributed by atoms with E-state index in [0.717, 1.165) is 23.2 Å². The minimum Gasteiger partial charge on any atom is -0.355 e. The first-order valence-electron chi connectivity index (χ1n) is 7.81. The van der Waals surface area contributed by atoms with E-state index in [1.165, 1.54) is 0 Å². The molecule has 0 saturated heterocycles. The van der Waals surface area contributed by atoms with Gasteiger partial charge in [0, 0.05) is 12.2 Å². The first kappa shape index (κ1) is 18.2. The standard InChI is InChI=1S/C18H28N2O2/c1-12(2)9-10-19-16(21)18(5,6)17(22)20-15-8-7-13(3)11-14(15)4/h7-8,11-12H,9-10H2,1-6H3,(H,19,21)(H,20,22). The number of carbonyl (C=O) groups excluding carboxylic acids is 2. The molecule has 0 fully saturated rings. The Kier molecular flexibility index (Phi) is 6.15. The summed E-state index contributed by atoms with van der Waals surface area (Å²) in [5.41, 5.74) is 1.78. The van der Waals surface area contributed by atoms with Crippen LogP contribution in [0.4, 0.5) is 5.69 Å². The molecule has 1 rings (SSSR count). The van der Waals surface area contributed by atoms with Crippen LogP contribution in [0.25, 0.3) is 0 Å². The van der Waals surface area contributed by atoms with Gasteiger partial charge in [-0.3, -0.25) is 9.59 Å². The molecule has 0 bridgehead atoms. The monoisotopic (exact) mass is 304 g/mol. The van der Waals surface area contributed by atoms with Gasteiger partial charge in [0.1, 0.15) is 5.41 Å². The second-order valence-electron chi connectivity index (χ2n) is 6.84. The summed E-state index contributed by atoms with van der Waals surface area (Å²) < 4.78 is 0. The summed E-state index contributed by atoms with van der Waals surface area (Å²) in [4.78, 5) is 24.7. The minimum atomic E-state index is -1.10. The largest absolute Gasteiger partial charge is 0.355 e. The van der Waals surface area contributed by atoms with E-state index in [1.54, 1.807) is 13.8 Å². The van der Waals surface area contributed by atoms with Crippen LogP contribution in [0, 0.1) is 25.2 Å². The highest BCUT2D eigenvalue weighted by Gasteiger charge is 2.36. The van der Waals surface area contributed by atoms with Crippen LogP contribution in [0.3, 0.4) is 0 Å². The summed E-state index contributed by atoms with van der Waals surface area (Å²) in [6.07, 6.45) is 0.903. The van der Waals surface area contributed by atoms with Gasteiger partial charge < -0.3 is 10.6 Å². The molecule has 0 aliphatic carbocycles. The molecule has 0 spiro atoms. The normalized spacial score (nSPS) is 11.4. The molecular formula is C18H28N2O2. The molecule has 0 aliphatic rings. The third-order valence-corrected chi connectivity index (χ3v) is 3.77. The fraction of sp³-hybridized carbons (Fsp3) is 0.556. The number of hydrogen-bond acceptors (Lipinski definition) is 2. The lowest BCUT2D eigenvalue weighted by molar-refractivity contribution is -0.138. The number of benzene rings is 1. The predicted molar refractivity (Wildman–Crippen MR) is 90.8 cm³/mol. The SMILES string of the molecule is Cc1ccc(NC(=O)C(C)(C)C(=O)NCCC(C)C)c(C)c1. The highest BCUT2D eigenvalue weighted by atomic mass is 16.2. The van der Waals surface area contributed by atoms with E-state index >= 15 is 0 Å². The zero-order valence-corrected chi connectivity index (χ0v) is 14.5. The van der Waals surface area contributed by atoms with Crippen molar-refractivity contribution in [1.29, 1.82) is 0 Å². The smallest absolute Gasteiger partial charge is 0.239 e. The first-order valence-corrected chi connectivity index (χ1v) is 7.81. The maximum atomic E-state index is 12.4. The molecule has 4 nitrogen and oxygen atoms in total. The van der Waals surface area contributed by atoms with Crippen LogP contribution in [0.15, 0.2) is 18.2 Å². The van der Waals surface area contributed by atoms with E-state index in [0.29, 0.717) is 12.5 Å². The number of rotatable bonds is 6. The van der Waals surface area contributed by atoms with Crippen molar-refractivity contribution in [2.45, 2.75) is 48.0 Å². The highest BCUT2D eigenvalue weighted by molar-refractivity contribution is 6.10. The quantitative estimate of drug-likeness (QED) is 0.791. The molecule has 22 heavy (non-hydrogen) atoms. The van der Waals surface area contributed by atoms with E-state index in [4.69, 9.17) is 0 Å². The fourth-order valence-corrected chi connectivity index (χ4v) is 2.03. The maximum absolute atomic E-state index is 12.4. The molecule has 4 heteroatoms. The molecular weight excluding hydrogens is 276 g/mol. The molecule has 2 amide bonds. The Morgan fingerprint density at radius 1 is 1.14 bits per heavy atom. The van der Waals surface area contributed by atoms with Crippen molar-refractivity contribution in [1.82, 2.24) is 5.32 Å². The van der Waals surface area contributed by atoms with Crippen LogP contribution in [-0.4, -0.2) is 18.4 Å². The van der Waals surface area contributed by atoms with E-state index in [9.17, 15) is 9.59 Å². The van der Waals surface area contributed by atoms with Gasteiger partial charge in [-0.25, -0.2) is 0 Å².